The van der Waals surface area contributed by atoms with E-state index in [-0.39, 0.29) is 11.2 Å². The summed E-state index contributed by atoms with van der Waals surface area (Å²) in [7, 11) is -4.12. The first-order chi connectivity index (χ1) is 9.27. The Morgan fingerprint density at radius 3 is 2.65 bits per heavy atom. The van der Waals surface area contributed by atoms with E-state index in [1.807, 2.05) is 0 Å². The number of primary sulfonamides is 1. The lowest BCUT2D eigenvalue weighted by atomic mass is 10.1. The molecule has 0 amide bonds. The van der Waals surface area contributed by atoms with Crippen LogP contribution in [0.25, 0.3) is 0 Å². The van der Waals surface area contributed by atoms with Gasteiger partial charge in [0.1, 0.15) is 16.5 Å². The SMILES string of the molecule is N#CCC1(COc2cc(F)c(S(N)(=O)=O)cc2Br)CC1. The molecule has 2 rings (SSSR count). The Morgan fingerprint density at radius 2 is 2.15 bits per heavy atom. The predicted octanol–water partition coefficient (Wildman–Crippen LogP) is 2.31. The van der Waals surface area contributed by atoms with Crippen molar-refractivity contribution >= 4 is 26.0 Å². The number of nitrogens with two attached hydrogens (primary N) is 1. The zero-order valence-electron chi connectivity index (χ0n) is 10.4. The molecule has 0 bridgehead atoms. The van der Waals surface area contributed by atoms with Crippen molar-refractivity contribution in [1.29, 1.82) is 5.26 Å². The Morgan fingerprint density at radius 1 is 1.50 bits per heavy atom. The minimum atomic E-state index is -4.12. The summed E-state index contributed by atoms with van der Waals surface area (Å²) in [6, 6.07) is 4.15. The largest absolute Gasteiger partial charge is 0.492 e. The van der Waals surface area contributed by atoms with Gasteiger partial charge in [0, 0.05) is 17.9 Å². The Balaban J connectivity index is 2.18. The average molecular weight is 363 g/mol. The van der Waals surface area contributed by atoms with Crippen molar-refractivity contribution in [1.82, 2.24) is 0 Å². The second-order valence-electron chi connectivity index (χ2n) is 4.88. The number of rotatable bonds is 5. The summed E-state index contributed by atoms with van der Waals surface area (Å²) in [5.41, 5.74) is -0.150. The van der Waals surface area contributed by atoms with Crippen molar-refractivity contribution in [2.24, 2.45) is 10.6 Å². The standard InChI is InChI=1S/C12H12BrFN2O3S/c13-8-5-11(20(16,17)18)9(14)6-10(8)19-7-12(1-2-12)3-4-15/h5-6H,1-3,7H2,(H2,16,17,18). The van der Waals surface area contributed by atoms with Crippen LogP contribution in [0.15, 0.2) is 21.5 Å². The fraction of sp³-hybridized carbons (Fsp3) is 0.417. The van der Waals surface area contributed by atoms with Crippen LogP contribution in [0.4, 0.5) is 4.39 Å². The molecule has 0 heterocycles. The molecule has 108 valence electrons. The third-order valence-electron chi connectivity index (χ3n) is 3.24. The molecule has 5 nitrogen and oxygen atoms in total. The number of nitrogens with zero attached hydrogens (tertiary/aromatic N) is 1. The lowest BCUT2D eigenvalue weighted by Crippen LogP contribution is -2.15. The first kappa shape index (κ1) is 15.2. The molecule has 1 fully saturated rings. The summed E-state index contributed by atoms with van der Waals surface area (Å²) in [6.45, 7) is 0.299. The second kappa shape index (κ2) is 5.31. The fourth-order valence-corrected chi connectivity index (χ4v) is 3.01. The summed E-state index contributed by atoms with van der Waals surface area (Å²) in [5, 5.41) is 13.6. The fourth-order valence-electron chi connectivity index (χ4n) is 1.79. The Labute approximate surface area is 124 Å². The van der Waals surface area contributed by atoms with Gasteiger partial charge in [0.2, 0.25) is 10.0 Å². The maximum atomic E-state index is 13.7. The van der Waals surface area contributed by atoms with Crippen LogP contribution in [0.3, 0.4) is 0 Å². The van der Waals surface area contributed by atoms with E-state index < -0.39 is 20.7 Å². The third-order valence-corrected chi connectivity index (χ3v) is 4.78. The highest BCUT2D eigenvalue weighted by molar-refractivity contribution is 9.10. The number of ether oxygens (including phenoxy) is 1. The molecule has 1 aromatic rings. The molecule has 0 aliphatic heterocycles. The van der Waals surface area contributed by atoms with Crippen molar-refractivity contribution in [2.75, 3.05) is 6.61 Å². The van der Waals surface area contributed by atoms with Gasteiger partial charge in [-0.25, -0.2) is 17.9 Å². The molecule has 0 aromatic heterocycles. The highest BCUT2D eigenvalue weighted by Gasteiger charge is 2.43. The molecule has 0 radical (unpaired) electrons. The first-order valence-corrected chi connectivity index (χ1v) is 8.13. The number of hydrogen-bond acceptors (Lipinski definition) is 4. The minimum Gasteiger partial charge on any atom is -0.492 e. The predicted molar refractivity (Wildman–Crippen MR) is 72.9 cm³/mol. The van der Waals surface area contributed by atoms with Crippen LogP contribution in [0.5, 0.6) is 5.75 Å². The number of hydrogen-bond donors (Lipinski definition) is 1. The van der Waals surface area contributed by atoms with Crippen molar-refractivity contribution in [3.8, 4) is 11.8 Å². The van der Waals surface area contributed by atoms with E-state index in [1.54, 1.807) is 0 Å². The van der Waals surface area contributed by atoms with Gasteiger partial charge in [0.25, 0.3) is 0 Å². The van der Waals surface area contributed by atoms with E-state index in [4.69, 9.17) is 15.1 Å². The second-order valence-corrected chi connectivity index (χ2v) is 7.27. The number of sulfonamides is 1. The van der Waals surface area contributed by atoms with Crippen LogP contribution < -0.4 is 9.88 Å². The molecule has 8 heteroatoms. The number of nitriles is 1. The van der Waals surface area contributed by atoms with Gasteiger partial charge >= 0.3 is 0 Å². The third kappa shape index (κ3) is 3.29. The first-order valence-electron chi connectivity index (χ1n) is 5.79. The molecular formula is C12H12BrFN2O3S. The van der Waals surface area contributed by atoms with E-state index in [9.17, 15) is 12.8 Å². The van der Waals surface area contributed by atoms with Crippen molar-refractivity contribution in [3.05, 3.63) is 22.4 Å². The van der Waals surface area contributed by atoms with Gasteiger partial charge < -0.3 is 4.74 Å². The molecule has 1 aromatic carbocycles. The Bertz CT molecular complexity index is 681. The van der Waals surface area contributed by atoms with Crippen LogP contribution in [0.1, 0.15) is 19.3 Å². The molecule has 1 saturated carbocycles. The molecule has 1 aliphatic rings. The van der Waals surface area contributed by atoms with Crippen LogP contribution in [0.2, 0.25) is 0 Å². The lowest BCUT2D eigenvalue weighted by molar-refractivity contribution is 0.234. The van der Waals surface area contributed by atoms with Crippen LogP contribution in [-0.2, 0) is 10.0 Å². The average Bonchev–Trinajstić information content (AvgIpc) is 3.09. The quantitative estimate of drug-likeness (QED) is 0.869. The summed E-state index contributed by atoms with van der Waals surface area (Å²) in [4.78, 5) is -0.588. The molecule has 20 heavy (non-hydrogen) atoms. The van der Waals surface area contributed by atoms with Gasteiger partial charge in [0.05, 0.1) is 17.1 Å². The smallest absolute Gasteiger partial charge is 0.241 e. The molecule has 0 unspecified atom stereocenters. The van der Waals surface area contributed by atoms with Crippen LogP contribution >= 0.6 is 15.9 Å². The minimum absolute atomic E-state index is 0.150. The topological polar surface area (TPSA) is 93.2 Å². The maximum Gasteiger partial charge on any atom is 0.241 e. The van der Waals surface area contributed by atoms with Gasteiger partial charge in [-0.15, -0.1) is 0 Å². The summed E-state index contributed by atoms with van der Waals surface area (Å²) in [5.74, 6) is -0.769. The van der Waals surface area contributed by atoms with E-state index in [1.165, 1.54) is 0 Å². The monoisotopic (exact) mass is 362 g/mol. The molecule has 0 saturated heterocycles. The number of benzene rings is 1. The Kier molecular flexibility index (Phi) is 4.04. The zero-order chi connectivity index (χ0) is 15.0. The summed E-state index contributed by atoms with van der Waals surface area (Å²) >= 11 is 3.12. The highest BCUT2D eigenvalue weighted by atomic mass is 79.9. The van der Waals surface area contributed by atoms with Gasteiger partial charge in [-0.1, -0.05) is 0 Å². The van der Waals surface area contributed by atoms with Crippen molar-refractivity contribution in [3.63, 3.8) is 0 Å². The highest BCUT2D eigenvalue weighted by Crippen LogP contribution is 2.49. The van der Waals surface area contributed by atoms with Crippen molar-refractivity contribution in [2.45, 2.75) is 24.2 Å². The molecule has 0 spiro atoms. The van der Waals surface area contributed by atoms with Gasteiger partial charge in [-0.3, -0.25) is 0 Å². The Hall–Kier alpha value is -1.17. The van der Waals surface area contributed by atoms with Gasteiger partial charge in [0.15, 0.2) is 0 Å². The van der Waals surface area contributed by atoms with Crippen molar-refractivity contribution < 1.29 is 17.5 Å². The molecule has 1 aliphatic carbocycles. The van der Waals surface area contributed by atoms with E-state index >= 15 is 0 Å². The summed E-state index contributed by atoms with van der Waals surface area (Å²) in [6.07, 6.45) is 2.19. The molecule has 2 N–H and O–H groups in total. The van der Waals surface area contributed by atoms with E-state index in [2.05, 4.69) is 22.0 Å². The van der Waals surface area contributed by atoms with Crippen LogP contribution in [0, 0.1) is 22.6 Å². The van der Waals surface area contributed by atoms with Crippen LogP contribution in [-0.4, -0.2) is 15.0 Å². The van der Waals surface area contributed by atoms with E-state index in [0.29, 0.717) is 17.5 Å². The maximum absolute atomic E-state index is 13.7. The van der Waals surface area contributed by atoms with Gasteiger partial charge in [-0.05, 0) is 34.8 Å². The molecule has 0 atom stereocenters. The van der Waals surface area contributed by atoms with E-state index in [0.717, 1.165) is 25.0 Å². The zero-order valence-corrected chi connectivity index (χ0v) is 12.8. The summed E-state index contributed by atoms with van der Waals surface area (Å²) < 4.78 is 41.8. The molecular weight excluding hydrogens is 351 g/mol. The lowest BCUT2D eigenvalue weighted by Gasteiger charge is -2.14. The van der Waals surface area contributed by atoms with Gasteiger partial charge in [-0.2, -0.15) is 5.26 Å². The number of halogens is 2. The normalized spacial score (nSPS) is 16.5.